The van der Waals surface area contributed by atoms with Crippen molar-refractivity contribution >= 4 is 18.4 Å². The van der Waals surface area contributed by atoms with Crippen molar-refractivity contribution in [2.45, 2.75) is 6.42 Å². The number of H-pyrrole nitrogens is 1. The number of para-hydroxylation sites is 1. The lowest BCUT2D eigenvalue weighted by molar-refractivity contribution is 0.297. The van der Waals surface area contributed by atoms with Gasteiger partial charge in [0, 0.05) is 12.0 Å². The number of ether oxygens (including phenoxy) is 2. The van der Waals surface area contributed by atoms with Gasteiger partial charge in [0.1, 0.15) is 6.20 Å². The Kier molecular flexibility index (Phi) is 6.11. The molecule has 1 N–H and O–H groups in total. The largest absolute Gasteiger partial charge is 0.493 e. The predicted molar refractivity (Wildman–Crippen MR) is 105 cm³/mol. The van der Waals surface area contributed by atoms with Gasteiger partial charge in [-0.25, -0.2) is 0 Å². The molecule has 3 aromatic rings. The van der Waals surface area contributed by atoms with Crippen molar-refractivity contribution < 1.29 is 9.47 Å². The Labute approximate surface area is 160 Å². The van der Waals surface area contributed by atoms with Crippen LogP contribution >= 0.6 is 12.2 Å². The molecule has 1 aromatic heterocycles. The number of hydrogen-bond donors (Lipinski definition) is 1. The summed E-state index contributed by atoms with van der Waals surface area (Å²) >= 11 is 5.04. The molecule has 0 saturated heterocycles. The molecule has 138 valence electrons. The molecule has 0 atom stereocenters. The van der Waals surface area contributed by atoms with E-state index < -0.39 is 5.56 Å². The fourth-order valence-electron chi connectivity index (χ4n) is 2.44. The summed E-state index contributed by atoms with van der Waals surface area (Å²) in [7, 11) is 1.57. The first-order valence-corrected chi connectivity index (χ1v) is 8.64. The lowest BCUT2D eigenvalue weighted by Gasteiger charge is -2.13. The molecule has 0 aliphatic heterocycles. The number of rotatable bonds is 7. The van der Waals surface area contributed by atoms with Crippen molar-refractivity contribution in [3.05, 3.63) is 81.0 Å². The number of hydrogen-bond acceptors (Lipinski definition) is 6. The second kappa shape index (κ2) is 8.91. The standard InChI is InChI=1S/C19H18N4O3S/c1-25-16-9-5-8-15(12-21-23-17(24)13-20-22-19(23)27)18(16)26-11-10-14-6-3-2-4-7-14/h2-9,12-13H,10-11H2,1H3,(H,22,27)/b21-12+. The lowest BCUT2D eigenvalue weighted by atomic mass is 10.1. The first-order chi connectivity index (χ1) is 13.2. The van der Waals surface area contributed by atoms with Crippen molar-refractivity contribution in [3.8, 4) is 11.5 Å². The number of nitrogens with zero attached hydrogens (tertiary/aromatic N) is 3. The van der Waals surface area contributed by atoms with E-state index in [9.17, 15) is 4.79 Å². The highest BCUT2D eigenvalue weighted by Crippen LogP contribution is 2.30. The van der Waals surface area contributed by atoms with E-state index >= 15 is 0 Å². The lowest BCUT2D eigenvalue weighted by Crippen LogP contribution is -2.18. The van der Waals surface area contributed by atoms with Crippen molar-refractivity contribution in [3.63, 3.8) is 0 Å². The molecule has 0 spiro atoms. The highest BCUT2D eigenvalue weighted by molar-refractivity contribution is 7.71. The molecule has 8 heteroatoms. The highest BCUT2D eigenvalue weighted by Gasteiger charge is 2.10. The van der Waals surface area contributed by atoms with Gasteiger partial charge >= 0.3 is 0 Å². The quantitative estimate of drug-likeness (QED) is 0.502. The Morgan fingerprint density at radius 2 is 2.04 bits per heavy atom. The minimum Gasteiger partial charge on any atom is -0.493 e. The highest BCUT2D eigenvalue weighted by atomic mass is 32.1. The van der Waals surface area contributed by atoms with Crippen LogP contribution in [0.25, 0.3) is 0 Å². The van der Waals surface area contributed by atoms with Crippen LogP contribution in [-0.2, 0) is 6.42 Å². The first kappa shape index (κ1) is 18.5. The summed E-state index contributed by atoms with van der Waals surface area (Å²) in [5.74, 6) is 1.14. The van der Waals surface area contributed by atoms with Gasteiger partial charge in [0.15, 0.2) is 11.5 Å². The van der Waals surface area contributed by atoms with E-state index in [0.29, 0.717) is 23.7 Å². The van der Waals surface area contributed by atoms with Gasteiger partial charge in [0.05, 0.1) is 19.9 Å². The maximum Gasteiger partial charge on any atom is 0.293 e. The van der Waals surface area contributed by atoms with E-state index in [4.69, 9.17) is 21.7 Å². The van der Waals surface area contributed by atoms with E-state index in [1.165, 1.54) is 11.8 Å². The van der Waals surface area contributed by atoms with E-state index in [2.05, 4.69) is 15.3 Å². The summed E-state index contributed by atoms with van der Waals surface area (Å²) in [4.78, 5) is 11.8. The Morgan fingerprint density at radius 1 is 1.22 bits per heavy atom. The smallest absolute Gasteiger partial charge is 0.293 e. The number of methoxy groups -OCH3 is 1. The van der Waals surface area contributed by atoms with Gasteiger partial charge in [0.2, 0.25) is 4.77 Å². The molecule has 2 aromatic carbocycles. The Bertz CT molecular complexity index is 1020. The maximum absolute atomic E-state index is 11.8. The molecule has 0 aliphatic carbocycles. The molecule has 27 heavy (non-hydrogen) atoms. The van der Waals surface area contributed by atoms with Crippen LogP contribution < -0.4 is 15.0 Å². The summed E-state index contributed by atoms with van der Waals surface area (Å²) < 4.78 is 12.5. The number of aromatic nitrogens is 3. The summed E-state index contributed by atoms with van der Waals surface area (Å²) in [5.41, 5.74) is 1.42. The zero-order valence-electron chi connectivity index (χ0n) is 14.7. The minimum atomic E-state index is -0.426. The molecule has 0 radical (unpaired) electrons. The van der Waals surface area contributed by atoms with E-state index in [1.807, 2.05) is 42.5 Å². The Hall–Kier alpha value is -3.26. The molecule has 0 aliphatic rings. The van der Waals surface area contributed by atoms with Gasteiger partial charge in [-0.2, -0.15) is 14.9 Å². The van der Waals surface area contributed by atoms with E-state index in [0.717, 1.165) is 17.3 Å². The number of benzene rings is 2. The van der Waals surface area contributed by atoms with Crippen LogP contribution in [0.2, 0.25) is 0 Å². The molecule has 1 heterocycles. The number of nitrogens with one attached hydrogen (secondary N) is 1. The molecule has 3 rings (SSSR count). The average Bonchev–Trinajstić information content (AvgIpc) is 2.69. The van der Waals surface area contributed by atoms with Crippen molar-refractivity contribution in [1.29, 1.82) is 0 Å². The fourth-order valence-corrected chi connectivity index (χ4v) is 2.63. The van der Waals surface area contributed by atoms with Crippen LogP contribution in [-0.4, -0.2) is 34.8 Å². The SMILES string of the molecule is COc1cccc(/C=N/n2c(=O)cn[nH]c2=S)c1OCCc1ccccc1. The minimum absolute atomic E-state index is 0.105. The molecule has 0 amide bonds. The molecule has 7 nitrogen and oxygen atoms in total. The Morgan fingerprint density at radius 3 is 2.78 bits per heavy atom. The zero-order valence-corrected chi connectivity index (χ0v) is 15.5. The van der Waals surface area contributed by atoms with Gasteiger partial charge < -0.3 is 9.47 Å². The van der Waals surface area contributed by atoms with Crippen LogP contribution in [0.1, 0.15) is 11.1 Å². The van der Waals surface area contributed by atoms with Gasteiger partial charge in [0.25, 0.3) is 5.56 Å². The van der Waals surface area contributed by atoms with Crippen molar-refractivity contribution in [1.82, 2.24) is 14.9 Å². The fraction of sp³-hybridized carbons (Fsp3) is 0.158. The Balaban J connectivity index is 1.84. The summed E-state index contributed by atoms with van der Waals surface area (Å²) in [6.45, 7) is 0.473. The van der Waals surface area contributed by atoms with Crippen LogP contribution in [0.3, 0.4) is 0 Å². The maximum atomic E-state index is 11.8. The van der Waals surface area contributed by atoms with Gasteiger partial charge in [-0.3, -0.25) is 9.89 Å². The summed E-state index contributed by atoms with van der Waals surface area (Å²) in [6, 6.07) is 15.5. The van der Waals surface area contributed by atoms with Gasteiger partial charge in [-0.1, -0.05) is 36.4 Å². The first-order valence-electron chi connectivity index (χ1n) is 8.24. The monoisotopic (exact) mass is 382 g/mol. The van der Waals surface area contributed by atoms with Crippen LogP contribution in [0.5, 0.6) is 11.5 Å². The second-order valence-electron chi connectivity index (χ2n) is 5.53. The molecule has 0 fully saturated rings. The average molecular weight is 382 g/mol. The zero-order chi connectivity index (χ0) is 19.1. The van der Waals surface area contributed by atoms with Gasteiger partial charge in [-0.05, 0) is 29.9 Å². The molecule has 0 bridgehead atoms. The summed E-state index contributed by atoms with van der Waals surface area (Å²) in [5, 5.41) is 10.3. The molecular formula is C19H18N4O3S. The van der Waals surface area contributed by atoms with Crippen LogP contribution in [0.15, 0.2) is 64.6 Å². The van der Waals surface area contributed by atoms with Crippen LogP contribution in [0, 0.1) is 4.77 Å². The molecule has 0 saturated carbocycles. The third-order valence-electron chi connectivity index (χ3n) is 3.76. The van der Waals surface area contributed by atoms with E-state index in [-0.39, 0.29) is 4.77 Å². The third-order valence-corrected chi connectivity index (χ3v) is 4.02. The van der Waals surface area contributed by atoms with Crippen molar-refractivity contribution in [2.24, 2.45) is 5.10 Å². The predicted octanol–water partition coefficient (Wildman–Crippen LogP) is 2.81. The van der Waals surface area contributed by atoms with Crippen LogP contribution in [0.4, 0.5) is 0 Å². The van der Waals surface area contributed by atoms with E-state index in [1.54, 1.807) is 13.2 Å². The second-order valence-corrected chi connectivity index (χ2v) is 5.92. The summed E-state index contributed by atoms with van der Waals surface area (Å²) in [6.07, 6.45) is 3.37. The molecular weight excluding hydrogens is 364 g/mol. The third kappa shape index (κ3) is 4.68. The van der Waals surface area contributed by atoms with Gasteiger partial charge in [-0.15, -0.1) is 0 Å². The normalized spacial score (nSPS) is 10.9. The topological polar surface area (TPSA) is 81.5 Å². The molecule has 0 unspecified atom stereocenters. The number of aromatic amines is 1. The van der Waals surface area contributed by atoms with Crippen molar-refractivity contribution in [2.75, 3.05) is 13.7 Å².